The Morgan fingerprint density at radius 2 is 1.09 bits per heavy atom. The molecular formula is C38H32F6N8O6. The number of nitriles is 2. The molecule has 4 aromatic rings. The summed E-state index contributed by atoms with van der Waals surface area (Å²) in [6.45, 7) is -4.59. The van der Waals surface area contributed by atoms with Gasteiger partial charge in [0.15, 0.2) is 11.5 Å². The van der Waals surface area contributed by atoms with Crippen molar-refractivity contribution in [1.82, 2.24) is 10.6 Å². The Bertz CT molecular complexity index is 2070. The zero-order valence-electron chi connectivity index (χ0n) is 30.0. The normalized spacial score (nSPS) is 16.5. The van der Waals surface area contributed by atoms with Gasteiger partial charge in [0.05, 0.1) is 60.1 Å². The quantitative estimate of drug-likeness (QED) is 0.0973. The summed E-state index contributed by atoms with van der Waals surface area (Å²) in [5.74, 6) is -3.72. The van der Waals surface area contributed by atoms with Crippen molar-refractivity contribution in [2.24, 2.45) is 0 Å². The van der Waals surface area contributed by atoms with Crippen LogP contribution in [0.5, 0.6) is 11.5 Å². The smallest absolute Gasteiger partial charge is 0.387 e. The van der Waals surface area contributed by atoms with Gasteiger partial charge in [0.2, 0.25) is 0 Å². The monoisotopic (exact) mass is 810 g/mol. The van der Waals surface area contributed by atoms with Gasteiger partial charge >= 0.3 is 25.3 Å². The van der Waals surface area contributed by atoms with Gasteiger partial charge in [-0.25, -0.2) is 18.4 Å². The van der Waals surface area contributed by atoms with Crippen LogP contribution in [0, 0.1) is 34.3 Å². The number of halogens is 6. The van der Waals surface area contributed by atoms with E-state index in [1.54, 1.807) is 12.1 Å². The number of rotatable bonds is 10. The van der Waals surface area contributed by atoms with E-state index in [4.69, 9.17) is 9.47 Å². The van der Waals surface area contributed by atoms with Crippen LogP contribution in [-0.2, 0) is 9.47 Å². The fourth-order valence-electron chi connectivity index (χ4n) is 6.07. The lowest BCUT2D eigenvalue weighted by molar-refractivity contribution is -0.0503. The molecule has 4 N–H and O–H groups in total. The largest absolute Gasteiger partial charge is 0.433 e. The lowest BCUT2D eigenvalue weighted by Crippen LogP contribution is -2.54. The molecule has 0 radical (unpaired) electrons. The van der Waals surface area contributed by atoms with Crippen molar-refractivity contribution in [2.45, 2.75) is 25.4 Å². The standard InChI is InChI=1S/C38H32F6N8O6/c39-25-15-23(33-19-47-9-11-55-33)3-5-27(25)49-37(53)51(29-13-21(17-45)1-7-31(29)57-35(41)42)52(30-14-22(18-46)2-8-32(30)58-36(43)44)38(54)50-28-6-4-24(16-26(28)40)34-20-48-10-12-56-34/h1-8,13-16,33-36,47-48H,9-12,19-20H2,(H,49,53)(H,50,54). The van der Waals surface area contributed by atoms with Gasteiger partial charge in [-0.3, -0.25) is 0 Å². The van der Waals surface area contributed by atoms with Gasteiger partial charge in [0.1, 0.15) is 23.0 Å². The van der Waals surface area contributed by atoms with Crippen LogP contribution >= 0.6 is 0 Å². The summed E-state index contributed by atoms with van der Waals surface area (Å²) in [4.78, 5) is 29.1. The highest BCUT2D eigenvalue weighted by molar-refractivity contribution is 6.14. The molecule has 2 saturated heterocycles. The molecule has 2 unspecified atom stereocenters. The van der Waals surface area contributed by atoms with Gasteiger partial charge in [-0.2, -0.15) is 38.1 Å². The van der Waals surface area contributed by atoms with E-state index in [1.807, 2.05) is 0 Å². The van der Waals surface area contributed by atoms with Gasteiger partial charge in [-0.1, -0.05) is 12.1 Å². The number of amides is 4. The molecule has 2 fully saturated rings. The number of benzene rings is 4. The second-order valence-electron chi connectivity index (χ2n) is 12.4. The minimum atomic E-state index is -3.56. The van der Waals surface area contributed by atoms with Gasteiger partial charge < -0.3 is 40.2 Å². The number of anilines is 4. The third kappa shape index (κ3) is 9.68. The second-order valence-corrected chi connectivity index (χ2v) is 12.4. The number of urea groups is 2. The van der Waals surface area contributed by atoms with Crippen LogP contribution in [0.15, 0.2) is 72.8 Å². The van der Waals surface area contributed by atoms with Crippen molar-refractivity contribution in [3.05, 3.63) is 107 Å². The van der Waals surface area contributed by atoms with Crippen molar-refractivity contribution in [3.8, 4) is 23.6 Å². The summed E-state index contributed by atoms with van der Waals surface area (Å²) in [7, 11) is 0. The molecule has 0 aromatic heterocycles. The first-order valence-corrected chi connectivity index (χ1v) is 17.4. The summed E-state index contributed by atoms with van der Waals surface area (Å²) in [6, 6.07) is 13.2. The van der Waals surface area contributed by atoms with E-state index in [-0.39, 0.29) is 21.1 Å². The molecule has 4 aromatic carbocycles. The van der Waals surface area contributed by atoms with Crippen molar-refractivity contribution in [2.75, 3.05) is 60.0 Å². The Morgan fingerprint density at radius 3 is 1.41 bits per heavy atom. The minimum Gasteiger partial charge on any atom is -0.433 e. The molecule has 0 spiro atoms. The number of hydrogen-bond acceptors (Lipinski definition) is 10. The zero-order chi connectivity index (χ0) is 41.3. The van der Waals surface area contributed by atoms with Gasteiger partial charge in [0, 0.05) is 26.2 Å². The highest BCUT2D eigenvalue weighted by Gasteiger charge is 2.36. The molecule has 302 valence electrons. The lowest BCUT2D eigenvalue weighted by Gasteiger charge is -2.36. The molecular weight excluding hydrogens is 778 g/mol. The van der Waals surface area contributed by atoms with Gasteiger partial charge in [-0.05, 0) is 71.8 Å². The Kier molecular flexibility index (Phi) is 13.2. The summed E-state index contributed by atoms with van der Waals surface area (Å²) in [6.07, 6.45) is -1.10. The predicted octanol–water partition coefficient (Wildman–Crippen LogP) is 6.92. The van der Waals surface area contributed by atoms with E-state index >= 15 is 8.78 Å². The molecule has 2 aliphatic rings. The van der Waals surface area contributed by atoms with Crippen LogP contribution in [0.3, 0.4) is 0 Å². The number of alkyl halides is 4. The maximum Gasteiger partial charge on any atom is 0.387 e. The molecule has 6 rings (SSSR count). The first-order chi connectivity index (χ1) is 27.9. The second kappa shape index (κ2) is 18.6. The number of ether oxygens (including phenoxy) is 4. The molecule has 0 bridgehead atoms. The number of nitrogens with zero attached hydrogens (tertiary/aromatic N) is 4. The van der Waals surface area contributed by atoms with E-state index in [2.05, 4.69) is 30.7 Å². The molecule has 58 heavy (non-hydrogen) atoms. The maximum atomic E-state index is 15.7. The van der Waals surface area contributed by atoms with Crippen LogP contribution in [0.25, 0.3) is 0 Å². The maximum absolute atomic E-state index is 15.7. The van der Waals surface area contributed by atoms with Crippen molar-refractivity contribution >= 4 is 34.8 Å². The van der Waals surface area contributed by atoms with Crippen LogP contribution in [0.1, 0.15) is 34.5 Å². The van der Waals surface area contributed by atoms with E-state index in [0.717, 1.165) is 60.7 Å². The zero-order valence-corrected chi connectivity index (χ0v) is 30.0. The van der Waals surface area contributed by atoms with Crippen molar-refractivity contribution in [1.29, 1.82) is 10.5 Å². The summed E-state index contributed by atoms with van der Waals surface area (Å²) < 4.78 is 108. The molecule has 20 heteroatoms. The number of carbonyl (C=O) groups is 2. The van der Waals surface area contributed by atoms with Gasteiger partial charge in [0.25, 0.3) is 0 Å². The van der Waals surface area contributed by atoms with Crippen LogP contribution < -0.4 is 40.8 Å². The van der Waals surface area contributed by atoms with Crippen molar-refractivity contribution in [3.63, 3.8) is 0 Å². The summed E-state index contributed by atoms with van der Waals surface area (Å²) in [5.41, 5.74) is -2.45. The Balaban J connectivity index is 1.51. The number of carbonyl (C=O) groups excluding carboxylic acids is 2. The molecule has 0 aliphatic carbocycles. The molecule has 0 saturated carbocycles. The van der Waals surface area contributed by atoms with Crippen LogP contribution in [0.2, 0.25) is 0 Å². The average Bonchev–Trinajstić information content (AvgIpc) is 3.22. The molecule has 2 heterocycles. The van der Waals surface area contributed by atoms with Crippen LogP contribution in [0.4, 0.5) is 58.7 Å². The molecule has 4 amide bonds. The summed E-state index contributed by atoms with van der Waals surface area (Å²) >= 11 is 0. The highest BCUT2D eigenvalue weighted by atomic mass is 19.3. The third-order valence-corrected chi connectivity index (χ3v) is 8.72. The van der Waals surface area contributed by atoms with Gasteiger partial charge in [-0.15, -0.1) is 0 Å². The number of hydrogen-bond donors (Lipinski definition) is 4. The number of hydrazine groups is 1. The minimum absolute atomic E-state index is 0.248. The molecule has 14 nitrogen and oxygen atoms in total. The first kappa shape index (κ1) is 41.1. The lowest BCUT2D eigenvalue weighted by atomic mass is 10.1. The van der Waals surface area contributed by atoms with E-state index in [0.29, 0.717) is 50.5 Å². The Morgan fingerprint density at radius 1 is 0.672 bits per heavy atom. The SMILES string of the molecule is N#Cc1ccc(OC(F)F)c(N(C(=O)Nc2ccc(C3CNCCO3)cc2F)N(C(=O)Nc2ccc(C3CNCCO3)cc2F)c2cc(C#N)ccc2OC(F)F)c1. The molecule has 2 aliphatic heterocycles. The average molecular weight is 811 g/mol. The number of nitrogens with one attached hydrogen (secondary N) is 4. The molecule has 2 atom stereocenters. The fourth-order valence-corrected chi connectivity index (χ4v) is 6.07. The summed E-state index contributed by atoms with van der Waals surface area (Å²) in [5, 5.41) is 30.7. The topological polar surface area (TPSA) is 173 Å². The van der Waals surface area contributed by atoms with Crippen molar-refractivity contribution < 1.29 is 54.9 Å². The fraction of sp³-hybridized carbons (Fsp3) is 0.263. The van der Waals surface area contributed by atoms with Crippen LogP contribution in [-0.4, -0.2) is 64.7 Å². The highest BCUT2D eigenvalue weighted by Crippen LogP contribution is 2.39. The Hall–Kier alpha value is -6.58. The third-order valence-electron chi connectivity index (χ3n) is 8.72. The van der Waals surface area contributed by atoms with E-state index in [9.17, 15) is 37.7 Å². The Labute approximate surface area is 326 Å². The van der Waals surface area contributed by atoms with E-state index in [1.165, 1.54) is 12.1 Å². The van der Waals surface area contributed by atoms with E-state index < -0.39 is 83.4 Å². The number of morpholine rings is 2. The first-order valence-electron chi connectivity index (χ1n) is 17.4. The predicted molar refractivity (Wildman–Crippen MR) is 194 cm³/mol.